The lowest BCUT2D eigenvalue weighted by atomic mass is 10.1. The number of nitrogens with zero attached hydrogens (tertiary/aromatic N) is 1. The van der Waals surface area contributed by atoms with E-state index in [9.17, 15) is 8.78 Å². The van der Waals surface area contributed by atoms with Gasteiger partial charge in [-0.05, 0) is 30.9 Å². The highest BCUT2D eigenvalue weighted by atomic mass is 19.1. The normalized spacial score (nSPS) is 21.3. The van der Waals surface area contributed by atoms with Crippen molar-refractivity contribution in [3.8, 4) is 5.75 Å². The van der Waals surface area contributed by atoms with Gasteiger partial charge in [0.15, 0.2) is 11.6 Å². The molecule has 2 fully saturated rings. The number of likely N-dealkylation sites (tertiary alicyclic amines) is 1. The number of hydrogen-bond acceptors (Lipinski definition) is 2. The van der Waals surface area contributed by atoms with Crippen LogP contribution in [0.1, 0.15) is 12.8 Å². The maximum Gasteiger partial charge on any atom is 0.167 e. The zero-order valence-corrected chi connectivity index (χ0v) is 9.53. The first-order chi connectivity index (χ1) is 8.20. The van der Waals surface area contributed by atoms with E-state index >= 15 is 0 Å². The largest absolute Gasteiger partial charge is 0.485 e. The summed E-state index contributed by atoms with van der Waals surface area (Å²) < 4.78 is 31.5. The Morgan fingerprint density at radius 2 is 2.00 bits per heavy atom. The molecule has 1 aliphatic carbocycles. The van der Waals surface area contributed by atoms with Crippen molar-refractivity contribution in [1.29, 1.82) is 0 Å². The summed E-state index contributed by atoms with van der Waals surface area (Å²) in [5.41, 5.74) is 0. The first-order valence-electron chi connectivity index (χ1n) is 6.05. The first kappa shape index (κ1) is 11.0. The van der Waals surface area contributed by atoms with Crippen molar-refractivity contribution in [2.45, 2.75) is 18.9 Å². The van der Waals surface area contributed by atoms with Gasteiger partial charge in [0.25, 0.3) is 0 Å². The topological polar surface area (TPSA) is 12.5 Å². The zero-order chi connectivity index (χ0) is 11.8. The summed E-state index contributed by atoms with van der Waals surface area (Å²) >= 11 is 0. The van der Waals surface area contributed by atoms with E-state index in [0.29, 0.717) is 0 Å². The lowest BCUT2D eigenvalue weighted by molar-refractivity contribution is 0.0148. The van der Waals surface area contributed by atoms with E-state index in [1.165, 1.54) is 25.0 Å². The minimum absolute atomic E-state index is 0.0497. The van der Waals surface area contributed by atoms with Crippen LogP contribution in [0.5, 0.6) is 5.75 Å². The summed E-state index contributed by atoms with van der Waals surface area (Å²) in [6.07, 6.45) is 2.73. The summed E-state index contributed by atoms with van der Waals surface area (Å²) in [7, 11) is 0. The van der Waals surface area contributed by atoms with Crippen molar-refractivity contribution >= 4 is 0 Å². The molecular formula is C13H15F2NO. The quantitative estimate of drug-likeness (QED) is 0.800. The minimum atomic E-state index is -0.620. The van der Waals surface area contributed by atoms with Gasteiger partial charge in [-0.3, -0.25) is 4.90 Å². The van der Waals surface area contributed by atoms with Gasteiger partial charge in [0.1, 0.15) is 11.9 Å². The summed E-state index contributed by atoms with van der Waals surface area (Å²) in [5.74, 6) is -0.162. The van der Waals surface area contributed by atoms with Crippen LogP contribution in [0.4, 0.5) is 8.78 Å². The number of halogens is 2. The number of ether oxygens (including phenoxy) is 1. The van der Waals surface area contributed by atoms with Crippen molar-refractivity contribution in [3.05, 3.63) is 29.8 Å². The second-order valence-corrected chi connectivity index (χ2v) is 4.98. The smallest absolute Gasteiger partial charge is 0.167 e. The highest BCUT2D eigenvalue weighted by Gasteiger charge is 2.33. The highest BCUT2D eigenvalue weighted by molar-refractivity contribution is 5.25. The highest BCUT2D eigenvalue weighted by Crippen LogP contribution is 2.31. The molecule has 2 aliphatic rings. The molecule has 17 heavy (non-hydrogen) atoms. The summed E-state index contributed by atoms with van der Waals surface area (Å²) in [6, 6.07) is 3.43. The SMILES string of the molecule is Fc1ccc(OC2CN(CC3CC3)C2)c(F)c1. The molecule has 1 aromatic carbocycles. The fourth-order valence-corrected chi connectivity index (χ4v) is 2.16. The van der Waals surface area contributed by atoms with Crippen LogP contribution in [-0.4, -0.2) is 30.6 Å². The Hall–Kier alpha value is -1.16. The van der Waals surface area contributed by atoms with Crippen LogP contribution in [0.25, 0.3) is 0 Å². The van der Waals surface area contributed by atoms with Gasteiger partial charge in [-0.25, -0.2) is 8.78 Å². The molecule has 1 saturated carbocycles. The molecule has 0 spiro atoms. The van der Waals surface area contributed by atoms with Gasteiger partial charge < -0.3 is 4.74 Å². The molecule has 0 aromatic heterocycles. The van der Waals surface area contributed by atoms with Gasteiger partial charge in [-0.15, -0.1) is 0 Å². The Morgan fingerprint density at radius 1 is 1.24 bits per heavy atom. The van der Waals surface area contributed by atoms with Gasteiger partial charge in [-0.2, -0.15) is 0 Å². The van der Waals surface area contributed by atoms with Gasteiger partial charge in [0.2, 0.25) is 0 Å². The number of rotatable bonds is 4. The second-order valence-electron chi connectivity index (χ2n) is 4.98. The van der Waals surface area contributed by atoms with E-state index in [4.69, 9.17) is 4.74 Å². The monoisotopic (exact) mass is 239 g/mol. The first-order valence-corrected chi connectivity index (χ1v) is 6.05. The van der Waals surface area contributed by atoms with Crippen LogP contribution in [0.15, 0.2) is 18.2 Å². The maximum absolute atomic E-state index is 13.3. The number of benzene rings is 1. The molecule has 1 heterocycles. The molecule has 1 saturated heterocycles. The van der Waals surface area contributed by atoms with Crippen molar-refractivity contribution in [3.63, 3.8) is 0 Å². The van der Waals surface area contributed by atoms with E-state index in [0.717, 1.165) is 31.6 Å². The van der Waals surface area contributed by atoms with Crippen LogP contribution in [-0.2, 0) is 0 Å². The summed E-state index contributed by atoms with van der Waals surface area (Å²) in [6.45, 7) is 2.85. The molecule has 92 valence electrons. The molecule has 3 rings (SSSR count). The molecular weight excluding hydrogens is 224 g/mol. The van der Waals surface area contributed by atoms with E-state index in [1.807, 2.05) is 0 Å². The van der Waals surface area contributed by atoms with E-state index < -0.39 is 11.6 Å². The van der Waals surface area contributed by atoms with E-state index in [2.05, 4.69) is 4.90 Å². The fraction of sp³-hybridized carbons (Fsp3) is 0.538. The zero-order valence-electron chi connectivity index (χ0n) is 9.53. The van der Waals surface area contributed by atoms with E-state index in [-0.39, 0.29) is 11.9 Å². The van der Waals surface area contributed by atoms with Crippen LogP contribution in [0.3, 0.4) is 0 Å². The molecule has 2 nitrogen and oxygen atoms in total. The molecule has 0 atom stereocenters. The lowest BCUT2D eigenvalue weighted by Crippen LogP contribution is -2.54. The van der Waals surface area contributed by atoms with Gasteiger partial charge in [0, 0.05) is 25.7 Å². The molecule has 0 N–H and O–H groups in total. The van der Waals surface area contributed by atoms with Gasteiger partial charge in [-0.1, -0.05) is 0 Å². The molecule has 1 aromatic rings. The molecule has 0 bridgehead atoms. The lowest BCUT2D eigenvalue weighted by Gasteiger charge is -2.39. The average molecular weight is 239 g/mol. The summed E-state index contributed by atoms with van der Waals surface area (Å²) in [5, 5.41) is 0. The fourth-order valence-electron chi connectivity index (χ4n) is 2.16. The Bertz CT molecular complexity index is 414. The van der Waals surface area contributed by atoms with Crippen LogP contribution < -0.4 is 4.74 Å². The van der Waals surface area contributed by atoms with Gasteiger partial charge >= 0.3 is 0 Å². The predicted octanol–water partition coefficient (Wildman–Crippen LogP) is 2.44. The van der Waals surface area contributed by atoms with Crippen molar-refractivity contribution in [2.75, 3.05) is 19.6 Å². The molecule has 0 radical (unpaired) electrons. The Morgan fingerprint density at radius 3 is 2.65 bits per heavy atom. The molecule has 0 amide bonds. The molecule has 0 unspecified atom stereocenters. The van der Waals surface area contributed by atoms with Gasteiger partial charge in [0.05, 0.1) is 0 Å². The summed E-state index contributed by atoms with van der Waals surface area (Å²) in [4.78, 5) is 2.32. The molecule has 4 heteroatoms. The predicted molar refractivity (Wildman–Crippen MR) is 59.9 cm³/mol. The Kier molecular flexibility index (Phi) is 2.74. The third-order valence-electron chi connectivity index (χ3n) is 3.32. The van der Waals surface area contributed by atoms with Crippen molar-refractivity contribution in [2.24, 2.45) is 5.92 Å². The van der Waals surface area contributed by atoms with Crippen molar-refractivity contribution in [1.82, 2.24) is 4.90 Å². The third kappa shape index (κ3) is 2.57. The average Bonchev–Trinajstić information content (AvgIpc) is 3.02. The van der Waals surface area contributed by atoms with Crippen LogP contribution >= 0.6 is 0 Å². The Balaban J connectivity index is 1.50. The molecule has 1 aliphatic heterocycles. The third-order valence-corrected chi connectivity index (χ3v) is 3.32. The van der Waals surface area contributed by atoms with Crippen LogP contribution in [0.2, 0.25) is 0 Å². The second kappa shape index (κ2) is 4.26. The van der Waals surface area contributed by atoms with Crippen LogP contribution in [0, 0.1) is 17.6 Å². The van der Waals surface area contributed by atoms with E-state index in [1.54, 1.807) is 0 Å². The number of hydrogen-bond donors (Lipinski definition) is 0. The van der Waals surface area contributed by atoms with Crippen molar-refractivity contribution < 1.29 is 13.5 Å². The maximum atomic E-state index is 13.3. The minimum Gasteiger partial charge on any atom is -0.485 e. The Labute approximate surface area is 99.2 Å². The standard InChI is InChI=1S/C13H15F2NO/c14-10-3-4-13(12(15)5-10)17-11-7-16(8-11)6-9-1-2-9/h3-5,9,11H,1-2,6-8H2.